The standard InChI is InChI=1S/C20H23NO5/c1-3-10-24-17-9-8-14(11-19(17)23-2)20(22)21-12-15-13-25-16-6-4-5-7-18(16)26-15/h4-9,11,15H,3,10,12-13H2,1-2H3,(H,21,22). The zero-order chi connectivity index (χ0) is 18.4. The highest BCUT2D eigenvalue weighted by molar-refractivity contribution is 5.94. The number of amides is 1. The first kappa shape index (κ1) is 17.9. The van der Waals surface area contributed by atoms with Crippen LogP contribution in [0.4, 0.5) is 0 Å². The summed E-state index contributed by atoms with van der Waals surface area (Å²) in [6, 6.07) is 12.6. The van der Waals surface area contributed by atoms with Gasteiger partial charge in [-0.1, -0.05) is 19.1 Å². The molecule has 1 aliphatic heterocycles. The maximum absolute atomic E-state index is 12.4. The smallest absolute Gasteiger partial charge is 0.251 e. The largest absolute Gasteiger partial charge is 0.493 e. The highest BCUT2D eigenvalue weighted by Crippen LogP contribution is 2.31. The molecule has 1 heterocycles. The molecule has 0 aromatic heterocycles. The molecule has 1 unspecified atom stereocenters. The van der Waals surface area contributed by atoms with Gasteiger partial charge >= 0.3 is 0 Å². The average Bonchev–Trinajstić information content (AvgIpc) is 2.70. The van der Waals surface area contributed by atoms with Crippen molar-refractivity contribution >= 4 is 5.91 Å². The topological polar surface area (TPSA) is 66.0 Å². The molecular formula is C20H23NO5. The van der Waals surface area contributed by atoms with Gasteiger partial charge in [0.2, 0.25) is 0 Å². The number of fused-ring (bicyclic) bond motifs is 1. The van der Waals surface area contributed by atoms with Gasteiger partial charge in [-0.25, -0.2) is 0 Å². The van der Waals surface area contributed by atoms with Gasteiger partial charge in [-0.15, -0.1) is 0 Å². The number of ether oxygens (including phenoxy) is 4. The van der Waals surface area contributed by atoms with Gasteiger partial charge in [0.05, 0.1) is 20.3 Å². The first-order valence-electron chi connectivity index (χ1n) is 8.68. The quantitative estimate of drug-likeness (QED) is 0.825. The highest BCUT2D eigenvalue weighted by atomic mass is 16.6. The Morgan fingerprint density at radius 3 is 2.77 bits per heavy atom. The Hall–Kier alpha value is -2.89. The number of para-hydroxylation sites is 2. The van der Waals surface area contributed by atoms with Gasteiger partial charge in [-0.2, -0.15) is 0 Å². The van der Waals surface area contributed by atoms with Crippen molar-refractivity contribution in [1.82, 2.24) is 5.32 Å². The summed E-state index contributed by atoms with van der Waals surface area (Å²) >= 11 is 0. The first-order chi connectivity index (χ1) is 12.7. The lowest BCUT2D eigenvalue weighted by Crippen LogP contribution is -2.40. The van der Waals surface area contributed by atoms with Gasteiger partial charge in [0.15, 0.2) is 23.0 Å². The van der Waals surface area contributed by atoms with E-state index in [0.717, 1.165) is 12.2 Å². The molecule has 0 fully saturated rings. The SMILES string of the molecule is CCCOc1ccc(C(=O)NCC2COc3ccccc3O2)cc1OC. The third kappa shape index (κ3) is 4.20. The lowest BCUT2D eigenvalue weighted by atomic mass is 10.2. The Morgan fingerprint density at radius 1 is 1.19 bits per heavy atom. The summed E-state index contributed by atoms with van der Waals surface area (Å²) in [5.74, 6) is 2.39. The molecule has 0 radical (unpaired) electrons. The van der Waals surface area contributed by atoms with E-state index in [1.807, 2.05) is 31.2 Å². The van der Waals surface area contributed by atoms with Crippen molar-refractivity contribution in [3.63, 3.8) is 0 Å². The fraction of sp³-hybridized carbons (Fsp3) is 0.350. The molecule has 0 aliphatic carbocycles. The summed E-state index contributed by atoms with van der Waals surface area (Å²) in [7, 11) is 1.56. The lowest BCUT2D eigenvalue weighted by molar-refractivity contribution is 0.0789. The summed E-state index contributed by atoms with van der Waals surface area (Å²) in [6.07, 6.45) is 0.667. The van der Waals surface area contributed by atoms with E-state index in [0.29, 0.717) is 42.6 Å². The van der Waals surface area contributed by atoms with Gasteiger partial charge in [0.1, 0.15) is 12.7 Å². The Labute approximate surface area is 153 Å². The molecule has 26 heavy (non-hydrogen) atoms. The fourth-order valence-electron chi connectivity index (χ4n) is 2.61. The van der Waals surface area contributed by atoms with Gasteiger partial charge in [-0.3, -0.25) is 4.79 Å². The molecule has 6 heteroatoms. The summed E-state index contributed by atoms with van der Waals surface area (Å²) in [5.41, 5.74) is 0.503. The molecule has 1 atom stereocenters. The number of hydrogen-bond acceptors (Lipinski definition) is 5. The van der Waals surface area contributed by atoms with Gasteiger partial charge in [0.25, 0.3) is 5.91 Å². The van der Waals surface area contributed by atoms with Crippen molar-refractivity contribution in [1.29, 1.82) is 0 Å². The Bertz CT molecular complexity index is 762. The van der Waals surface area contributed by atoms with Crippen LogP contribution in [0.1, 0.15) is 23.7 Å². The maximum atomic E-state index is 12.4. The van der Waals surface area contributed by atoms with E-state index < -0.39 is 0 Å². The Morgan fingerprint density at radius 2 is 2.00 bits per heavy atom. The molecule has 2 aromatic carbocycles. The molecule has 1 amide bonds. The van der Waals surface area contributed by atoms with Crippen LogP contribution < -0.4 is 24.3 Å². The minimum Gasteiger partial charge on any atom is -0.493 e. The minimum absolute atomic E-state index is 0.201. The normalized spacial score (nSPS) is 15.2. The van der Waals surface area contributed by atoms with Gasteiger partial charge < -0.3 is 24.3 Å². The first-order valence-corrected chi connectivity index (χ1v) is 8.68. The van der Waals surface area contributed by atoms with E-state index in [1.165, 1.54) is 0 Å². The number of rotatable bonds is 7. The number of benzene rings is 2. The van der Waals surface area contributed by atoms with Crippen LogP contribution in [0.15, 0.2) is 42.5 Å². The van der Waals surface area contributed by atoms with Crippen LogP contribution in [-0.4, -0.2) is 38.9 Å². The molecule has 0 saturated heterocycles. The second kappa shape index (κ2) is 8.47. The molecule has 2 aromatic rings. The third-order valence-electron chi connectivity index (χ3n) is 3.95. The summed E-state index contributed by atoms with van der Waals surface area (Å²) < 4.78 is 22.4. The molecule has 1 aliphatic rings. The molecule has 6 nitrogen and oxygen atoms in total. The molecule has 0 saturated carbocycles. The van der Waals surface area contributed by atoms with Crippen LogP contribution in [0.5, 0.6) is 23.0 Å². The van der Waals surface area contributed by atoms with Crippen molar-refractivity contribution in [2.75, 3.05) is 26.9 Å². The van der Waals surface area contributed by atoms with Crippen LogP contribution >= 0.6 is 0 Å². The number of carbonyl (C=O) groups excluding carboxylic acids is 1. The third-order valence-corrected chi connectivity index (χ3v) is 3.95. The fourth-order valence-corrected chi connectivity index (χ4v) is 2.61. The van der Waals surface area contributed by atoms with Crippen molar-refractivity contribution in [2.24, 2.45) is 0 Å². The Balaban J connectivity index is 1.58. The zero-order valence-corrected chi connectivity index (χ0v) is 15.0. The second-order valence-electron chi connectivity index (χ2n) is 5.92. The second-order valence-corrected chi connectivity index (χ2v) is 5.92. The molecule has 0 spiro atoms. The van der Waals surface area contributed by atoms with Crippen LogP contribution in [0.3, 0.4) is 0 Å². The van der Waals surface area contributed by atoms with E-state index in [-0.39, 0.29) is 12.0 Å². The van der Waals surface area contributed by atoms with E-state index in [2.05, 4.69) is 5.32 Å². The van der Waals surface area contributed by atoms with Crippen molar-refractivity contribution in [3.05, 3.63) is 48.0 Å². The van der Waals surface area contributed by atoms with Crippen LogP contribution in [0.2, 0.25) is 0 Å². The van der Waals surface area contributed by atoms with Crippen LogP contribution in [0, 0.1) is 0 Å². The lowest BCUT2D eigenvalue weighted by Gasteiger charge is -2.26. The van der Waals surface area contributed by atoms with E-state index >= 15 is 0 Å². The molecule has 0 bridgehead atoms. The van der Waals surface area contributed by atoms with E-state index in [9.17, 15) is 4.79 Å². The molecular weight excluding hydrogens is 334 g/mol. The van der Waals surface area contributed by atoms with Crippen LogP contribution in [-0.2, 0) is 0 Å². The average molecular weight is 357 g/mol. The van der Waals surface area contributed by atoms with E-state index in [4.69, 9.17) is 18.9 Å². The van der Waals surface area contributed by atoms with Crippen molar-refractivity contribution in [3.8, 4) is 23.0 Å². The highest BCUT2D eigenvalue weighted by Gasteiger charge is 2.21. The van der Waals surface area contributed by atoms with Crippen molar-refractivity contribution in [2.45, 2.75) is 19.4 Å². The summed E-state index contributed by atoms with van der Waals surface area (Å²) in [6.45, 7) is 3.38. The maximum Gasteiger partial charge on any atom is 0.251 e. The number of hydrogen-bond donors (Lipinski definition) is 1. The predicted octanol–water partition coefficient (Wildman–Crippen LogP) is 3.05. The summed E-state index contributed by atoms with van der Waals surface area (Å²) in [4.78, 5) is 12.4. The zero-order valence-electron chi connectivity index (χ0n) is 15.0. The Kier molecular flexibility index (Phi) is 5.84. The monoisotopic (exact) mass is 357 g/mol. The van der Waals surface area contributed by atoms with E-state index in [1.54, 1.807) is 25.3 Å². The van der Waals surface area contributed by atoms with Crippen molar-refractivity contribution < 1.29 is 23.7 Å². The molecule has 3 rings (SSSR count). The van der Waals surface area contributed by atoms with Crippen LogP contribution in [0.25, 0.3) is 0 Å². The predicted molar refractivity (Wildman–Crippen MR) is 97.5 cm³/mol. The van der Waals surface area contributed by atoms with Gasteiger partial charge in [-0.05, 0) is 36.8 Å². The molecule has 1 N–H and O–H groups in total. The number of carbonyl (C=O) groups is 1. The molecule has 138 valence electrons. The van der Waals surface area contributed by atoms with Gasteiger partial charge in [0, 0.05) is 5.56 Å². The number of nitrogens with one attached hydrogen (secondary N) is 1. The summed E-state index contributed by atoms with van der Waals surface area (Å²) in [5, 5.41) is 2.87. The number of methoxy groups -OCH3 is 1. The minimum atomic E-state index is -0.233.